The third-order valence-corrected chi connectivity index (χ3v) is 2.08. The minimum atomic E-state index is -0.0645. The quantitative estimate of drug-likeness (QED) is 0.557. The van der Waals surface area contributed by atoms with Gasteiger partial charge in [0.15, 0.2) is 5.82 Å². The number of pyridine rings is 1. The van der Waals surface area contributed by atoms with Crippen LogP contribution in [0.15, 0.2) is 41.6 Å². The fourth-order valence-corrected chi connectivity index (χ4v) is 1.28. The molecular formula is C10H11N5O. The van der Waals surface area contributed by atoms with Gasteiger partial charge in [-0.2, -0.15) is 0 Å². The molecule has 0 saturated carbocycles. The first kappa shape index (κ1) is 10.3. The molecule has 0 aromatic carbocycles. The van der Waals surface area contributed by atoms with Gasteiger partial charge in [0, 0.05) is 12.3 Å². The van der Waals surface area contributed by atoms with Crippen LogP contribution in [-0.2, 0) is 6.54 Å². The topological polar surface area (TPSA) is 85.8 Å². The van der Waals surface area contributed by atoms with Gasteiger partial charge in [0.1, 0.15) is 0 Å². The number of anilines is 1. The summed E-state index contributed by atoms with van der Waals surface area (Å²) in [5.41, 5.74) is 3.02. The Balaban J connectivity index is 2.21. The molecular weight excluding hydrogens is 206 g/mol. The third-order valence-electron chi connectivity index (χ3n) is 2.08. The molecule has 0 spiro atoms. The van der Waals surface area contributed by atoms with E-state index in [0.29, 0.717) is 18.1 Å². The number of rotatable bonds is 3. The van der Waals surface area contributed by atoms with Crippen molar-refractivity contribution in [1.82, 2.24) is 14.5 Å². The lowest BCUT2D eigenvalue weighted by molar-refractivity contribution is 0.735. The lowest BCUT2D eigenvalue weighted by atomic mass is 10.4. The van der Waals surface area contributed by atoms with Gasteiger partial charge >= 0.3 is 0 Å². The van der Waals surface area contributed by atoms with Crippen LogP contribution in [0.25, 0.3) is 0 Å². The summed E-state index contributed by atoms with van der Waals surface area (Å²) < 4.78 is 1.56. The van der Waals surface area contributed by atoms with Crippen molar-refractivity contribution in [2.45, 2.75) is 6.54 Å². The van der Waals surface area contributed by atoms with Crippen molar-refractivity contribution in [1.29, 1.82) is 0 Å². The third kappa shape index (κ3) is 2.23. The summed E-state index contributed by atoms with van der Waals surface area (Å²) in [5, 5.41) is 0. The zero-order chi connectivity index (χ0) is 11.4. The number of nitrogens with zero attached hydrogens (tertiary/aromatic N) is 3. The summed E-state index contributed by atoms with van der Waals surface area (Å²) in [6.07, 6.45) is 4.80. The zero-order valence-electron chi connectivity index (χ0n) is 8.50. The second kappa shape index (κ2) is 4.54. The van der Waals surface area contributed by atoms with Crippen LogP contribution in [0.1, 0.15) is 5.69 Å². The van der Waals surface area contributed by atoms with Crippen molar-refractivity contribution in [2.75, 3.05) is 5.43 Å². The molecule has 0 saturated heterocycles. The van der Waals surface area contributed by atoms with Crippen molar-refractivity contribution in [3.63, 3.8) is 0 Å². The van der Waals surface area contributed by atoms with Crippen LogP contribution in [0.3, 0.4) is 0 Å². The van der Waals surface area contributed by atoms with Gasteiger partial charge in [-0.1, -0.05) is 6.07 Å². The van der Waals surface area contributed by atoms with Crippen LogP contribution < -0.4 is 16.8 Å². The van der Waals surface area contributed by atoms with E-state index in [0.717, 1.165) is 0 Å². The van der Waals surface area contributed by atoms with Crippen LogP contribution in [0.5, 0.6) is 0 Å². The molecule has 0 amide bonds. The molecule has 6 nitrogen and oxygen atoms in total. The van der Waals surface area contributed by atoms with E-state index < -0.39 is 0 Å². The van der Waals surface area contributed by atoms with Crippen LogP contribution in [-0.4, -0.2) is 14.5 Å². The van der Waals surface area contributed by atoms with E-state index in [1.165, 1.54) is 12.3 Å². The first-order chi connectivity index (χ1) is 7.79. The van der Waals surface area contributed by atoms with Crippen molar-refractivity contribution in [3.8, 4) is 0 Å². The fourth-order valence-electron chi connectivity index (χ4n) is 1.28. The summed E-state index contributed by atoms with van der Waals surface area (Å²) in [7, 11) is 0. The molecule has 2 heterocycles. The van der Waals surface area contributed by atoms with Gasteiger partial charge in [-0.05, 0) is 6.07 Å². The fraction of sp³-hybridized carbons (Fsp3) is 0.100. The molecule has 0 radical (unpaired) electrons. The average molecular weight is 217 g/mol. The number of aromatic nitrogens is 3. The molecule has 0 aliphatic rings. The molecule has 0 atom stereocenters. The SMILES string of the molecule is NNc1cnc(Cn2ccccc2=O)cn1. The highest BCUT2D eigenvalue weighted by atomic mass is 16.1. The van der Waals surface area contributed by atoms with E-state index in [-0.39, 0.29) is 5.56 Å². The largest absolute Gasteiger partial charge is 0.309 e. The average Bonchev–Trinajstić information content (AvgIpc) is 2.33. The number of hydrazine groups is 1. The van der Waals surface area contributed by atoms with Gasteiger partial charge in [0.05, 0.1) is 24.6 Å². The molecule has 2 aromatic heterocycles. The number of nitrogens with two attached hydrogens (primary N) is 1. The van der Waals surface area contributed by atoms with Crippen molar-refractivity contribution < 1.29 is 0 Å². The highest BCUT2D eigenvalue weighted by Crippen LogP contribution is 1.99. The molecule has 82 valence electrons. The first-order valence-corrected chi connectivity index (χ1v) is 4.72. The molecule has 6 heteroatoms. The standard InChI is InChI=1S/C10H11N5O/c11-14-9-6-12-8(5-13-9)7-15-4-2-1-3-10(15)16/h1-6H,7,11H2,(H,13,14). The molecule has 2 rings (SSSR count). The molecule has 0 unspecified atom stereocenters. The highest BCUT2D eigenvalue weighted by molar-refractivity contribution is 5.28. The maximum Gasteiger partial charge on any atom is 0.250 e. The second-order valence-corrected chi connectivity index (χ2v) is 3.20. The second-order valence-electron chi connectivity index (χ2n) is 3.20. The number of hydrogen-bond donors (Lipinski definition) is 2. The van der Waals surface area contributed by atoms with Crippen molar-refractivity contribution >= 4 is 5.82 Å². The summed E-state index contributed by atoms with van der Waals surface area (Å²) in [4.78, 5) is 19.6. The Hall–Kier alpha value is -2.21. The van der Waals surface area contributed by atoms with E-state index >= 15 is 0 Å². The van der Waals surface area contributed by atoms with E-state index in [9.17, 15) is 4.79 Å². The van der Waals surface area contributed by atoms with Crippen LogP contribution in [0, 0.1) is 0 Å². The lowest BCUT2D eigenvalue weighted by Gasteiger charge is -2.04. The molecule has 3 N–H and O–H groups in total. The first-order valence-electron chi connectivity index (χ1n) is 4.72. The molecule has 0 aliphatic heterocycles. The van der Waals surface area contributed by atoms with Gasteiger partial charge in [0.2, 0.25) is 0 Å². The smallest absolute Gasteiger partial charge is 0.250 e. The predicted molar refractivity (Wildman–Crippen MR) is 59.6 cm³/mol. The Labute approximate surface area is 91.7 Å². The number of hydrogen-bond acceptors (Lipinski definition) is 5. The normalized spacial score (nSPS) is 10.1. The Morgan fingerprint density at radius 1 is 1.31 bits per heavy atom. The summed E-state index contributed by atoms with van der Waals surface area (Å²) in [5.74, 6) is 5.66. The van der Waals surface area contributed by atoms with E-state index in [4.69, 9.17) is 5.84 Å². The summed E-state index contributed by atoms with van der Waals surface area (Å²) in [6, 6.07) is 5.00. The minimum Gasteiger partial charge on any atom is -0.309 e. The monoisotopic (exact) mass is 217 g/mol. The predicted octanol–water partition coefficient (Wildman–Crippen LogP) is -0.0278. The van der Waals surface area contributed by atoms with E-state index in [1.807, 2.05) is 0 Å². The van der Waals surface area contributed by atoms with E-state index in [2.05, 4.69) is 15.4 Å². The number of nitrogen functional groups attached to an aromatic ring is 1. The Morgan fingerprint density at radius 2 is 2.19 bits per heavy atom. The van der Waals surface area contributed by atoms with Crippen LogP contribution in [0.4, 0.5) is 5.82 Å². The maximum atomic E-state index is 11.4. The Kier molecular flexibility index (Phi) is 2.93. The van der Waals surface area contributed by atoms with E-state index in [1.54, 1.807) is 29.1 Å². The van der Waals surface area contributed by atoms with Gasteiger partial charge in [-0.3, -0.25) is 9.78 Å². The lowest BCUT2D eigenvalue weighted by Crippen LogP contribution is -2.19. The molecule has 2 aromatic rings. The van der Waals surface area contributed by atoms with Crippen molar-refractivity contribution in [2.24, 2.45) is 5.84 Å². The van der Waals surface area contributed by atoms with Gasteiger partial charge in [-0.25, -0.2) is 10.8 Å². The van der Waals surface area contributed by atoms with Crippen molar-refractivity contribution in [3.05, 3.63) is 52.8 Å². The summed E-state index contributed by atoms with van der Waals surface area (Å²) in [6.45, 7) is 0.400. The Bertz CT molecular complexity index is 519. The summed E-state index contributed by atoms with van der Waals surface area (Å²) >= 11 is 0. The molecule has 0 aliphatic carbocycles. The Morgan fingerprint density at radius 3 is 2.81 bits per heavy atom. The molecule has 0 fully saturated rings. The van der Waals surface area contributed by atoms with Crippen LogP contribution >= 0.6 is 0 Å². The molecule has 0 bridgehead atoms. The number of nitrogens with one attached hydrogen (secondary N) is 1. The van der Waals surface area contributed by atoms with Gasteiger partial charge < -0.3 is 9.99 Å². The molecule has 16 heavy (non-hydrogen) atoms. The maximum absolute atomic E-state index is 11.4. The zero-order valence-corrected chi connectivity index (χ0v) is 8.50. The van der Waals surface area contributed by atoms with Crippen LogP contribution in [0.2, 0.25) is 0 Å². The highest BCUT2D eigenvalue weighted by Gasteiger charge is 1.99. The van der Waals surface area contributed by atoms with Gasteiger partial charge in [-0.15, -0.1) is 0 Å². The minimum absolute atomic E-state index is 0.0645. The van der Waals surface area contributed by atoms with Gasteiger partial charge in [0.25, 0.3) is 5.56 Å².